The van der Waals surface area contributed by atoms with Gasteiger partial charge in [-0.25, -0.2) is 0 Å². The molecule has 1 saturated carbocycles. The van der Waals surface area contributed by atoms with E-state index in [1.54, 1.807) is 0 Å². The number of hydrogen-bond acceptors (Lipinski definition) is 1. The predicted molar refractivity (Wildman–Crippen MR) is 79.0 cm³/mol. The number of aryl methyl sites for hydroxylation is 1. The molecule has 1 N–H and O–H groups in total. The average molecular weight is 245 g/mol. The van der Waals surface area contributed by atoms with Gasteiger partial charge in [0.2, 0.25) is 0 Å². The van der Waals surface area contributed by atoms with Crippen LogP contribution in [-0.2, 0) is 5.41 Å². The second-order valence-electron chi connectivity index (χ2n) is 6.91. The Balaban J connectivity index is 2.04. The van der Waals surface area contributed by atoms with E-state index >= 15 is 0 Å². The third-order valence-corrected chi connectivity index (χ3v) is 4.37. The molecule has 1 nitrogen and oxygen atoms in total. The quantitative estimate of drug-likeness (QED) is 0.844. The summed E-state index contributed by atoms with van der Waals surface area (Å²) in [6, 6.07) is 9.16. The maximum Gasteiger partial charge on any atom is 0.00966 e. The van der Waals surface area contributed by atoms with Gasteiger partial charge in [0.15, 0.2) is 0 Å². The van der Waals surface area contributed by atoms with Gasteiger partial charge in [-0.3, -0.25) is 0 Å². The van der Waals surface area contributed by atoms with Crippen LogP contribution in [0, 0.1) is 12.8 Å². The zero-order chi connectivity index (χ0) is 13.4. The molecule has 0 aromatic heterocycles. The van der Waals surface area contributed by atoms with Crippen molar-refractivity contribution in [3.8, 4) is 0 Å². The van der Waals surface area contributed by atoms with Crippen LogP contribution >= 0.6 is 0 Å². The molecule has 0 spiro atoms. The molecule has 0 radical (unpaired) electrons. The standard InChI is InChI=1S/C17H27N/c1-6-17(14-9-7-13(2)8-10-14)11-15(17)12-18-16(3,4)5/h7-10,15,18H,6,11-12H2,1-5H3. The van der Waals surface area contributed by atoms with Crippen LogP contribution in [0.25, 0.3) is 0 Å². The molecule has 0 amide bonds. The maximum atomic E-state index is 3.65. The van der Waals surface area contributed by atoms with E-state index in [0.717, 1.165) is 12.5 Å². The molecule has 0 heterocycles. The second-order valence-corrected chi connectivity index (χ2v) is 6.91. The van der Waals surface area contributed by atoms with Crippen molar-refractivity contribution in [1.82, 2.24) is 5.32 Å². The molecule has 0 saturated heterocycles. The first-order chi connectivity index (χ1) is 8.37. The zero-order valence-electron chi connectivity index (χ0n) is 12.5. The highest BCUT2D eigenvalue weighted by Crippen LogP contribution is 2.56. The lowest BCUT2D eigenvalue weighted by Gasteiger charge is -2.22. The highest BCUT2D eigenvalue weighted by Gasteiger charge is 2.53. The molecule has 0 bridgehead atoms. The van der Waals surface area contributed by atoms with E-state index in [2.05, 4.69) is 64.2 Å². The fourth-order valence-electron chi connectivity index (χ4n) is 2.95. The number of nitrogens with one attached hydrogen (secondary N) is 1. The Hall–Kier alpha value is -0.820. The molecule has 1 aromatic rings. The van der Waals surface area contributed by atoms with Crippen LogP contribution in [0.2, 0.25) is 0 Å². The number of hydrogen-bond donors (Lipinski definition) is 1. The van der Waals surface area contributed by atoms with Gasteiger partial charge in [0.05, 0.1) is 0 Å². The van der Waals surface area contributed by atoms with Gasteiger partial charge < -0.3 is 5.32 Å². The molecule has 1 fully saturated rings. The van der Waals surface area contributed by atoms with Gasteiger partial charge in [0, 0.05) is 5.54 Å². The summed E-state index contributed by atoms with van der Waals surface area (Å²) in [4.78, 5) is 0. The molecule has 1 aliphatic carbocycles. The molecular weight excluding hydrogens is 218 g/mol. The van der Waals surface area contributed by atoms with E-state index in [9.17, 15) is 0 Å². The predicted octanol–water partition coefficient (Wildman–Crippen LogP) is 4.05. The minimum Gasteiger partial charge on any atom is -0.312 e. The third-order valence-electron chi connectivity index (χ3n) is 4.37. The Bertz CT molecular complexity index is 399. The maximum absolute atomic E-state index is 3.65. The highest BCUT2D eigenvalue weighted by atomic mass is 15.0. The topological polar surface area (TPSA) is 12.0 Å². The summed E-state index contributed by atoms with van der Waals surface area (Å²) in [6.07, 6.45) is 2.60. The van der Waals surface area contributed by atoms with Crippen molar-refractivity contribution < 1.29 is 0 Å². The molecule has 2 rings (SSSR count). The number of benzene rings is 1. The van der Waals surface area contributed by atoms with E-state index in [-0.39, 0.29) is 5.54 Å². The largest absolute Gasteiger partial charge is 0.312 e. The van der Waals surface area contributed by atoms with Gasteiger partial charge >= 0.3 is 0 Å². The lowest BCUT2D eigenvalue weighted by Crippen LogP contribution is -2.38. The van der Waals surface area contributed by atoms with Crippen molar-refractivity contribution in [1.29, 1.82) is 0 Å². The van der Waals surface area contributed by atoms with Crippen LogP contribution in [0.15, 0.2) is 24.3 Å². The Morgan fingerprint density at radius 1 is 1.22 bits per heavy atom. The van der Waals surface area contributed by atoms with Crippen molar-refractivity contribution in [3.63, 3.8) is 0 Å². The minimum absolute atomic E-state index is 0.231. The molecule has 2 atom stereocenters. The van der Waals surface area contributed by atoms with Crippen LogP contribution in [-0.4, -0.2) is 12.1 Å². The molecular formula is C17H27N. The monoisotopic (exact) mass is 245 g/mol. The van der Waals surface area contributed by atoms with E-state index < -0.39 is 0 Å². The molecule has 1 heteroatoms. The van der Waals surface area contributed by atoms with Crippen LogP contribution < -0.4 is 5.32 Å². The van der Waals surface area contributed by atoms with Crippen molar-refractivity contribution in [3.05, 3.63) is 35.4 Å². The van der Waals surface area contributed by atoms with Crippen molar-refractivity contribution in [2.24, 2.45) is 5.92 Å². The first-order valence-electron chi connectivity index (χ1n) is 7.19. The van der Waals surface area contributed by atoms with Crippen LogP contribution in [0.1, 0.15) is 51.7 Å². The van der Waals surface area contributed by atoms with Crippen LogP contribution in [0.3, 0.4) is 0 Å². The Kier molecular flexibility index (Phi) is 3.55. The fraction of sp³-hybridized carbons (Fsp3) is 0.647. The van der Waals surface area contributed by atoms with Crippen LogP contribution in [0.4, 0.5) is 0 Å². The second kappa shape index (κ2) is 4.70. The molecule has 2 unspecified atom stereocenters. The molecule has 100 valence electrons. The summed E-state index contributed by atoms with van der Waals surface area (Å²) in [5, 5.41) is 3.65. The molecule has 1 aromatic carbocycles. The summed E-state index contributed by atoms with van der Waals surface area (Å²) < 4.78 is 0. The van der Waals surface area contributed by atoms with Crippen molar-refractivity contribution in [2.45, 2.75) is 58.4 Å². The van der Waals surface area contributed by atoms with Crippen molar-refractivity contribution in [2.75, 3.05) is 6.54 Å². The fourth-order valence-corrected chi connectivity index (χ4v) is 2.95. The Morgan fingerprint density at radius 2 is 1.83 bits per heavy atom. The summed E-state index contributed by atoms with van der Waals surface area (Å²) in [6.45, 7) is 12.4. The van der Waals surface area contributed by atoms with Gasteiger partial charge in [-0.05, 0) is 64.0 Å². The number of rotatable bonds is 4. The van der Waals surface area contributed by atoms with Gasteiger partial charge in [-0.1, -0.05) is 36.8 Å². The van der Waals surface area contributed by atoms with Gasteiger partial charge in [0.25, 0.3) is 0 Å². The molecule has 1 aliphatic rings. The Labute approximate surface area is 112 Å². The summed E-state index contributed by atoms with van der Waals surface area (Å²) in [5.41, 5.74) is 3.58. The van der Waals surface area contributed by atoms with E-state index in [1.807, 2.05) is 0 Å². The smallest absolute Gasteiger partial charge is 0.00966 e. The first-order valence-corrected chi connectivity index (χ1v) is 7.19. The first kappa shape index (κ1) is 13.6. The third kappa shape index (κ3) is 2.77. The van der Waals surface area contributed by atoms with Gasteiger partial charge in [-0.2, -0.15) is 0 Å². The van der Waals surface area contributed by atoms with E-state index in [4.69, 9.17) is 0 Å². The van der Waals surface area contributed by atoms with Gasteiger partial charge in [0.1, 0.15) is 0 Å². The zero-order valence-corrected chi connectivity index (χ0v) is 12.5. The SMILES string of the molecule is CCC1(c2ccc(C)cc2)CC1CNC(C)(C)C. The van der Waals surface area contributed by atoms with Crippen molar-refractivity contribution >= 4 is 0 Å². The summed E-state index contributed by atoms with van der Waals surface area (Å²) in [7, 11) is 0. The van der Waals surface area contributed by atoms with E-state index in [0.29, 0.717) is 5.41 Å². The van der Waals surface area contributed by atoms with E-state index in [1.165, 1.54) is 24.0 Å². The highest BCUT2D eigenvalue weighted by molar-refractivity contribution is 5.35. The normalized spacial score (nSPS) is 27.3. The Morgan fingerprint density at radius 3 is 2.33 bits per heavy atom. The summed E-state index contributed by atoms with van der Waals surface area (Å²) >= 11 is 0. The average Bonchev–Trinajstić information content (AvgIpc) is 3.01. The summed E-state index contributed by atoms with van der Waals surface area (Å²) in [5.74, 6) is 0.810. The molecule has 0 aliphatic heterocycles. The lowest BCUT2D eigenvalue weighted by molar-refractivity contribution is 0.401. The lowest BCUT2D eigenvalue weighted by atomic mass is 9.90. The molecule has 18 heavy (non-hydrogen) atoms. The minimum atomic E-state index is 0.231. The van der Waals surface area contributed by atoms with Gasteiger partial charge in [-0.15, -0.1) is 0 Å². The van der Waals surface area contributed by atoms with Crippen LogP contribution in [0.5, 0.6) is 0 Å².